The molecular weight excluding hydrogens is 374 g/mol. The average molecular weight is 400 g/mol. The van der Waals surface area contributed by atoms with Crippen LogP contribution in [0.4, 0.5) is 0 Å². The number of nitrogens with one attached hydrogen (secondary N) is 1. The maximum absolute atomic E-state index is 12.4. The van der Waals surface area contributed by atoms with Gasteiger partial charge >= 0.3 is 0 Å². The number of ether oxygens (including phenoxy) is 1. The van der Waals surface area contributed by atoms with Gasteiger partial charge in [-0.1, -0.05) is 36.4 Å². The van der Waals surface area contributed by atoms with Crippen LogP contribution in [0.3, 0.4) is 0 Å². The maximum atomic E-state index is 12.4. The molecule has 0 bridgehead atoms. The van der Waals surface area contributed by atoms with Crippen LogP contribution in [0, 0.1) is 0 Å². The summed E-state index contributed by atoms with van der Waals surface area (Å²) in [5.74, 6) is 3.17. The summed E-state index contributed by atoms with van der Waals surface area (Å²) < 4.78 is 6.24. The lowest BCUT2D eigenvalue weighted by Crippen LogP contribution is -2.34. The van der Waals surface area contributed by atoms with Gasteiger partial charge in [0, 0.05) is 0 Å². The number of amides is 1. The Bertz CT molecular complexity index is 772. The smallest absolute Gasteiger partial charge is 0.258 e. The Labute approximate surface area is 169 Å². The zero-order chi connectivity index (χ0) is 18.5. The second-order valence-electron chi connectivity index (χ2n) is 7.00. The Morgan fingerprint density at radius 2 is 1.81 bits per heavy atom. The summed E-state index contributed by atoms with van der Waals surface area (Å²) in [4.78, 5) is 12.4. The van der Waals surface area contributed by atoms with Crippen LogP contribution in [0.1, 0.15) is 46.6 Å². The number of rotatable bonds is 5. The number of carbonyl (C=O) groups excluding carboxylic acids is 1. The Kier molecular flexibility index (Phi) is 6.30. The summed E-state index contributed by atoms with van der Waals surface area (Å²) >= 11 is 4.02. The number of aryl methyl sites for hydroxylation is 1. The van der Waals surface area contributed by atoms with Gasteiger partial charge < -0.3 is 10.1 Å². The number of thioether (sulfide) groups is 2. The van der Waals surface area contributed by atoms with E-state index in [2.05, 4.69) is 35.6 Å². The van der Waals surface area contributed by atoms with Gasteiger partial charge in [0.15, 0.2) is 6.61 Å². The lowest BCUT2D eigenvalue weighted by Gasteiger charge is -2.26. The van der Waals surface area contributed by atoms with Gasteiger partial charge in [0.05, 0.1) is 10.6 Å². The average Bonchev–Trinajstić information content (AvgIpc) is 2.74. The molecule has 27 heavy (non-hydrogen) atoms. The van der Waals surface area contributed by atoms with E-state index in [0.717, 1.165) is 25.0 Å². The Hall–Kier alpha value is -1.59. The topological polar surface area (TPSA) is 38.3 Å². The Balaban J connectivity index is 1.29. The van der Waals surface area contributed by atoms with Crippen LogP contribution in [0.2, 0.25) is 0 Å². The SMILES string of the molecule is O=C(COc1ccc(C2SCCCS2)cc1)N[C@H]1CCCc2ccccc21. The van der Waals surface area contributed by atoms with E-state index in [9.17, 15) is 4.79 Å². The van der Waals surface area contributed by atoms with E-state index < -0.39 is 0 Å². The molecule has 1 heterocycles. The maximum Gasteiger partial charge on any atom is 0.258 e. The van der Waals surface area contributed by atoms with E-state index in [0.29, 0.717) is 4.58 Å². The van der Waals surface area contributed by atoms with Gasteiger partial charge in [0.2, 0.25) is 0 Å². The fraction of sp³-hybridized carbons (Fsp3) is 0.409. The van der Waals surface area contributed by atoms with Gasteiger partial charge in [0.25, 0.3) is 5.91 Å². The minimum atomic E-state index is -0.0563. The van der Waals surface area contributed by atoms with E-state index in [1.165, 1.54) is 34.6 Å². The van der Waals surface area contributed by atoms with Gasteiger partial charge in [-0.2, -0.15) is 0 Å². The molecule has 1 aliphatic carbocycles. The van der Waals surface area contributed by atoms with E-state index in [1.807, 2.05) is 41.7 Å². The molecule has 0 unspecified atom stereocenters. The highest BCUT2D eigenvalue weighted by Gasteiger charge is 2.21. The first kappa shape index (κ1) is 18.8. The first-order valence-electron chi connectivity index (χ1n) is 9.63. The fourth-order valence-corrected chi connectivity index (χ4v) is 6.58. The van der Waals surface area contributed by atoms with Crippen molar-refractivity contribution >= 4 is 29.4 Å². The van der Waals surface area contributed by atoms with Crippen molar-refractivity contribution in [3.8, 4) is 5.75 Å². The molecule has 1 amide bonds. The molecule has 5 heteroatoms. The largest absolute Gasteiger partial charge is 0.484 e. The van der Waals surface area contributed by atoms with Crippen LogP contribution in [0.25, 0.3) is 0 Å². The van der Waals surface area contributed by atoms with E-state index in [1.54, 1.807) is 0 Å². The summed E-state index contributed by atoms with van der Waals surface area (Å²) in [6.07, 6.45) is 4.51. The van der Waals surface area contributed by atoms with E-state index in [4.69, 9.17) is 4.74 Å². The predicted molar refractivity (Wildman–Crippen MR) is 114 cm³/mol. The minimum Gasteiger partial charge on any atom is -0.484 e. The van der Waals surface area contributed by atoms with Gasteiger partial charge in [0.1, 0.15) is 5.75 Å². The lowest BCUT2D eigenvalue weighted by molar-refractivity contribution is -0.123. The second kappa shape index (κ2) is 9.07. The molecule has 3 nitrogen and oxygen atoms in total. The molecule has 1 fully saturated rings. The number of carbonyl (C=O) groups is 1. The van der Waals surface area contributed by atoms with Crippen LogP contribution >= 0.6 is 23.5 Å². The standard InChI is InChI=1S/C22H25NO2S2/c24-21(23-20-8-3-6-16-5-1-2-7-19(16)20)15-25-18-11-9-17(10-12-18)22-26-13-4-14-27-22/h1-2,5,7,9-12,20,22H,3-4,6,8,13-15H2,(H,23,24)/t20-/m0/s1. The number of benzene rings is 2. The van der Waals surface area contributed by atoms with Crippen molar-refractivity contribution in [1.82, 2.24) is 5.32 Å². The van der Waals surface area contributed by atoms with Crippen molar-refractivity contribution in [2.75, 3.05) is 18.1 Å². The first-order chi connectivity index (χ1) is 13.3. The lowest BCUT2D eigenvalue weighted by atomic mass is 9.88. The zero-order valence-electron chi connectivity index (χ0n) is 15.4. The van der Waals surface area contributed by atoms with E-state index >= 15 is 0 Å². The molecule has 2 aromatic carbocycles. The van der Waals surface area contributed by atoms with Gasteiger partial charge in [-0.15, -0.1) is 23.5 Å². The highest BCUT2D eigenvalue weighted by molar-refractivity contribution is 8.16. The van der Waals surface area contributed by atoms with Gasteiger partial charge in [-0.25, -0.2) is 0 Å². The van der Waals surface area contributed by atoms with Crippen LogP contribution in [0.5, 0.6) is 5.75 Å². The molecule has 0 saturated carbocycles. The third kappa shape index (κ3) is 4.82. The van der Waals surface area contributed by atoms with Crippen molar-refractivity contribution in [2.24, 2.45) is 0 Å². The Morgan fingerprint density at radius 1 is 1.04 bits per heavy atom. The highest BCUT2D eigenvalue weighted by atomic mass is 32.2. The summed E-state index contributed by atoms with van der Waals surface area (Å²) in [5, 5.41) is 3.14. The normalized spacial score (nSPS) is 19.9. The van der Waals surface area contributed by atoms with Gasteiger partial charge in [-0.3, -0.25) is 4.79 Å². The third-order valence-corrected chi connectivity index (χ3v) is 8.07. The summed E-state index contributed by atoms with van der Waals surface area (Å²) in [5.41, 5.74) is 3.94. The van der Waals surface area contributed by atoms with Crippen LogP contribution in [-0.4, -0.2) is 24.0 Å². The number of hydrogen-bond donors (Lipinski definition) is 1. The summed E-state index contributed by atoms with van der Waals surface area (Å²) in [6.45, 7) is 0.0605. The number of hydrogen-bond acceptors (Lipinski definition) is 4. The van der Waals surface area contributed by atoms with Crippen LogP contribution in [-0.2, 0) is 11.2 Å². The molecule has 1 aliphatic heterocycles. The fourth-order valence-electron chi connectivity index (χ4n) is 3.69. The van der Waals surface area contributed by atoms with Crippen molar-refractivity contribution in [3.05, 3.63) is 65.2 Å². The Morgan fingerprint density at radius 3 is 2.63 bits per heavy atom. The first-order valence-corrected chi connectivity index (χ1v) is 11.7. The van der Waals surface area contributed by atoms with Gasteiger partial charge in [-0.05, 0) is 66.0 Å². The number of fused-ring (bicyclic) bond motifs is 1. The third-order valence-electron chi connectivity index (χ3n) is 5.05. The monoisotopic (exact) mass is 399 g/mol. The molecule has 0 spiro atoms. The molecule has 1 atom stereocenters. The van der Waals surface area contributed by atoms with Crippen molar-refractivity contribution in [1.29, 1.82) is 0 Å². The minimum absolute atomic E-state index is 0.0563. The summed E-state index contributed by atoms with van der Waals surface area (Å²) in [6, 6.07) is 16.7. The van der Waals surface area contributed by atoms with Crippen LogP contribution in [0.15, 0.2) is 48.5 Å². The predicted octanol–water partition coefficient (Wildman–Crippen LogP) is 5.13. The highest BCUT2D eigenvalue weighted by Crippen LogP contribution is 2.43. The second-order valence-corrected chi connectivity index (χ2v) is 9.72. The molecule has 142 valence electrons. The molecule has 2 aromatic rings. The van der Waals surface area contributed by atoms with E-state index in [-0.39, 0.29) is 18.6 Å². The molecular formula is C22H25NO2S2. The van der Waals surface area contributed by atoms with Crippen molar-refractivity contribution < 1.29 is 9.53 Å². The zero-order valence-corrected chi connectivity index (χ0v) is 17.0. The van der Waals surface area contributed by atoms with Crippen LogP contribution < -0.4 is 10.1 Å². The molecule has 4 rings (SSSR count). The van der Waals surface area contributed by atoms with Crippen molar-refractivity contribution in [3.63, 3.8) is 0 Å². The quantitative estimate of drug-likeness (QED) is 0.757. The molecule has 1 N–H and O–H groups in total. The molecule has 1 saturated heterocycles. The summed E-state index contributed by atoms with van der Waals surface area (Å²) in [7, 11) is 0. The van der Waals surface area contributed by atoms with Crippen molar-refractivity contribution in [2.45, 2.75) is 36.3 Å². The molecule has 2 aliphatic rings. The molecule has 0 radical (unpaired) electrons. The molecule has 0 aromatic heterocycles.